The summed E-state index contributed by atoms with van der Waals surface area (Å²) in [7, 11) is 0. The zero-order valence-electron chi connectivity index (χ0n) is 20.1. The lowest BCUT2D eigenvalue weighted by Gasteiger charge is -2.37. The third-order valence-corrected chi connectivity index (χ3v) is 7.61. The van der Waals surface area contributed by atoms with Crippen LogP contribution in [0.1, 0.15) is 72.5 Å². The van der Waals surface area contributed by atoms with E-state index in [4.69, 9.17) is 10.7 Å². The number of carbonyl (C=O) groups is 1. The predicted molar refractivity (Wildman–Crippen MR) is 130 cm³/mol. The molecule has 10 nitrogen and oxygen atoms in total. The van der Waals surface area contributed by atoms with Gasteiger partial charge in [-0.15, -0.1) is 5.10 Å². The lowest BCUT2D eigenvalue weighted by Crippen LogP contribution is -2.45. The summed E-state index contributed by atoms with van der Waals surface area (Å²) in [5.74, 6) is -0.0161. The molecule has 0 radical (unpaired) electrons. The first-order chi connectivity index (χ1) is 17.2. The van der Waals surface area contributed by atoms with Gasteiger partial charge in [-0.2, -0.15) is 4.52 Å². The van der Waals surface area contributed by atoms with Crippen molar-refractivity contribution in [1.29, 1.82) is 0 Å². The van der Waals surface area contributed by atoms with Gasteiger partial charge in [0.1, 0.15) is 17.1 Å². The number of halogens is 1. The molecule has 186 valence electrons. The Bertz CT molecular complexity index is 1500. The molecule has 11 heteroatoms. The summed E-state index contributed by atoms with van der Waals surface area (Å²) >= 11 is 0. The molecule has 6 rings (SSSR count). The molecule has 1 aliphatic carbocycles. The molecule has 4 aromatic rings. The monoisotopic (exact) mass is 490 g/mol. The fourth-order valence-electron chi connectivity index (χ4n) is 5.25. The van der Waals surface area contributed by atoms with Gasteiger partial charge in [0.2, 0.25) is 5.95 Å². The number of anilines is 1. The Labute approximate surface area is 206 Å². The maximum Gasteiger partial charge on any atom is 0.274 e. The van der Waals surface area contributed by atoms with Crippen molar-refractivity contribution in [3.05, 3.63) is 53.1 Å². The highest BCUT2D eigenvalue weighted by atomic mass is 19.1. The van der Waals surface area contributed by atoms with Gasteiger partial charge in [-0.1, -0.05) is 0 Å². The van der Waals surface area contributed by atoms with E-state index in [1.807, 2.05) is 6.92 Å². The van der Waals surface area contributed by atoms with E-state index in [0.29, 0.717) is 53.0 Å². The number of aryl methyl sites for hydroxylation is 1. The second-order valence-corrected chi connectivity index (χ2v) is 10.0. The van der Waals surface area contributed by atoms with E-state index in [1.165, 1.54) is 29.0 Å². The number of nitrogens with two attached hydrogens (primary N) is 1. The zero-order valence-corrected chi connectivity index (χ0v) is 20.1. The van der Waals surface area contributed by atoms with Gasteiger partial charge in [0, 0.05) is 23.9 Å². The normalized spacial score (nSPS) is 21.6. The summed E-state index contributed by atoms with van der Waals surface area (Å²) in [4.78, 5) is 32.9. The van der Waals surface area contributed by atoms with Crippen LogP contribution in [0.4, 0.5) is 10.3 Å². The second-order valence-electron chi connectivity index (χ2n) is 10.0. The highest BCUT2D eigenvalue weighted by Gasteiger charge is 2.38. The fraction of sp³-hybridized carbons (Fsp3) is 0.440. The minimum Gasteiger partial charge on any atom is -0.383 e. The molecule has 1 saturated heterocycles. The van der Waals surface area contributed by atoms with E-state index in [0.717, 1.165) is 19.3 Å². The van der Waals surface area contributed by atoms with Crippen molar-refractivity contribution in [2.45, 2.75) is 63.5 Å². The van der Waals surface area contributed by atoms with E-state index < -0.39 is 5.60 Å². The maximum absolute atomic E-state index is 14.2. The molecule has 0 unspecified atom stereocenters. The molecule has 1 aliphatic heterocycles. The minimum absolute atomic E-state index is 0.00684. The van der Waals surface area contributed by atoms with Crippen molar-refractivity contribution in [2.75, 3.05) is 12.3 Å². The van der Waals surface area contributed by atoms with Crippen molar-refractivity contribution in [1.82, 2.24) is 34.4 Å². The van der Waals surface area contributed by atoms with Crippen molar-refractivity contribution < 1.29 is 14.3 Å². The number of carbonyl (C=O) groups excluding carboxylic acids is 1. The van der Waals surface area contributed by atoms with Gasteiger partial charge in [0.25, 0.3) is 5.91 Å². The van der Waals surface area contributed by atoms with E-state index in [9.17, 15) is 14.3 Å². The van der Waals surface area contributed by atoms with Gasteiger partial charge >= 0.3 is 0 Å². The number of piperidine rings is 1. The molecule has 36 heavy (non-hydrogen) atoms. The molecule has 0 bridgehead atoms. The number of aliphatic hydroxyl groups is 1. The Morgan fingerprint density at radius 2 is 2.00 bits per heavy atom. The van der Waals surface area contributed by atoms with Gasteiger partial charge in [0.05, 0.1) is 23.6 Å². The number of rotatable bonds is 3. The quantitative estimate of drug-likeness (QED) is 0.448. The van der Waals surface area contributed by atoms with E-state index in [2.05, 4.69) is 20.1 Å². The fourth-order valence-corrected chi connectivity index (χ4v) is 5.25. The Hall–Kier alpha value is -3.73. The molecule has 1 saturated carbocycles. The zero-order chi connectivity index (χ0) is 25.2. The molecule has 2 aliphatic rings. The number of hydrogen-bond donors (Lipinski definition) is 2. The summed E-state index contributed by atoms with van der Waals surface area (Å²) in [6, 6.07) is 2.81. The molecule has 1 amide bonds. The Balaban J connectivity index is 1.30. The first-order valence-corrected chi connectivity index (χ1v) is 12.2. The Morgan fingerprint density at radius 3 is 2.69 bits per heavy atom. The van der Waals surface area contributed by atoms with E-state index in [1.54, 1.807) is 11.8 Å². The molecule has 4 heterocycles. The summed E-state index contributed by atoms with van der Waals surface area (Å²) < 4.78 is 15.6. The highest BCUT2D eigenvalue weighted by molar-refractivity contribution is 5.94. The summed E-state index contributed by atoms with van der Waals surface area (Å²) in [5, 5.41) is 15.6. The number of amides is 1. The lowest BCUT2D eigenvalue weighted by atomic mass is 9.78. The van der Waals surface area contributed by atoms with Crippen LogP contribution in [0.5, 0.6) is 0 Å². The number of fused-ring (bicyclic) bond motifs is 3. The average Bonchev–Trinajstić information content (AvgIpc) is 3.30. The lowest BCUT2D eigenvalue weighted by molar-refractivity contribution is -0.0430. The number of aromatic nitrogens is 6. The van der Waals surface area contributed by atoms with Crippen molar-refractivity contribution >= 4 is 28.4 Å². The first-order valence-electron chi connectivity index (χ1n) is 12.2. The number of nitrogens with zero attached hydrogens (tertiary/aromatic N) is 7. The van der Waals surface area contributed by atoms with Crippen LogP contribution in [0.15, 0.2) is 24.5 Å². The topological polar surface area (TPSA) is 135 Å². The SMILES string of the molecule is Cc1cc(F)cc2c1nc(N)n1nc([C@@H]3CC[C@H](C)N(C(=O)c4cnc(C5(O)CCC5)cn4)C3)nc21. The Kier molecular flexibility index (Phi) is 5.15. The minimum atomic E-state index is -0.921. The maximum atomic E-state index is 14.2. The average molecular weight is 491 g/mol. The van der Waals surface area contributed by atoms with Gasteiger partial charge in [-0.05, 0) is 63.6 Å². The van der Waals surface area contributed by atoms with Gasteiger partial charge in [-0.3, -0.25) is 9.78 Å². The highest BCUT2D eigenvalue weighted by Crippen LogP contribution is 2.39. The van der Waals surface area contributed by atoms with Crippen LogP contribution in [-0.2, 0) is 5.60 Å². The van der Waals surface area contributed by atoms with Gasteiger partial charge in [-0.25, -0.2) is 19.3 Å². The summed E-state index contributed by atoms with van der Waals surface area (Å²) in [6.45, 7) is 4.19. The number of nitrogen functional groups attached to an aromatic ring is 1. The Morgan fingerprint density at radius 1 is 1.19 bits per heavy atom. The third kappa shape index (κ3) is 3.57. The van der Waals surface area contributed by atoms with E-state index in [-0.39, 0.29) is 35.3 Å². The second kappa shape index (κ2) is 8.16. The van der Waals surface area contributed by atoms with Gasteiger partial charge in [0.15, 0.2) is 11.5 Å². The third-order valence-electron chi connectivity index (χ3n) is 7.61. The number of hydrogen-bond acceptors (Lipinski definition) is 8. The van der Waals surface area contributed by atoms with Crippen molar-refractivity contribution in [3.63, 3.8) is 0 Å². The number of benzene rings is 1. The first kappa shape index (κ1) is 22.7. The van der Waals surface area contributed by atoms with Crippen LogP contribution in [-0.4, -0.2) is 58.1 Å². The smallest absolute Gasteiger partial charge is 0.274 e. The van der Waals surface area contributed by atoms with Crippen LogP contribution < -0.4 is 5.73 Å². The summed E-state index contributed by atoms with van der Waals surface area (Å²) in [6.07, 6.45) is 6.78. The molecule has 1 aromatic carbocycles. The summed E-state index contributed by atoms with van der Waals surface area (Å²) in [5.41, 5.74) is 7.69. The molecular weight excluding hydrogens is 463 g/mol. The van der Waals surface area contributed by atoms with Crippen LogP contribution in [0, 0.1) is 12.7 Å². The molecule has 3 aromatic heterocycles. The van der Waals surface area contributed by atoms with Gasteiger partial charge < -0.3 is 15.7 Å². The van der Waals surface area contributed by atoms with Crippen LogP contribution in [0.3, 0.4) is 0 Å². The molecule has 2 fully saturated rings. The van der Waals surface area contributed by atoms with Crippen LogP contribution in [0.2, 0.25) is 0 Å². The standard InChI is InChI=1S/C25H27FN8O2/c1-13-8-16(26)9-17-20(13)30-24(27)34-22(17)31-21(32-34)15-5-4-14(2)33(12-15)23(35)18-10-29-19(11-28-18)25(36)6-3-7-25/h8-11,14-15,36H,3-7,12H2,1-2H3,(H2,27,30)/t14-,15+/m0/s1. The molecule has 0 spiro atoms. The van der Waals surface area contributed by atoms with Crippen LogP contribution >= 0.6 is 0 Å². The molecular formula is C25H27FN8O2. The molecule has 3 N–H and O–H groups in total. The largest absolute Gasteiger partial charge is 0.383 e. The van der Waals surface area contributed by atoms with E-state index >= 15 is 0 Å². The van der Waals surface area contributed by atoms with Crippen molar-refractivity contribution in [2.24, 2.45) is 0 Å². The van der Waals surface area contributed by atoms with Crippen LogP contribution in [0.25, 0.3) is 16.6 Å². The predicted octanol–water partition coefficient (Wildman–Crippen LogP) is 2.88. The number of likely N-dealkylation sites (tertiary alicyclic amines) is 1. The van der Waals surface area contributed by atoms with Crippen molar-refractivity contribution in [3.8, 4) is 0 Å². The molecule has 2 atom stereocenters.